The lowest BCUT2D eigenvalue weighted by atomic mass is 9.85. The van der Waals surface area contributed by atoms with Crippen LogP contribution in [0.5, 0.6) is 0 Å². The first-order chi connectivity index (χ1) is 7.69. The molecule has 0 bridgehead atoms. The summed E-state index contributed by atoms with van der Waals surface area (Å²) in [5, 5.41) is 7.40. The third-order valence-corrected chi connectivity index (χ3v) is 3.09. The van der Waals surface area contributed by atoms with E-state index >= 15 is 0 Å². The second kappa shape index (κ2) is 6.38. The number of hydrogen-bond acceptors (Lipinski definition) is 3. The van der Waals surface area contributed by atoms with E-state index in [-0.39, 0.29) is 12.0 Å². The van der Waals surface area contributed by atoms with E-state index in [1.807, 2.05) is 19.2 Å². The second-order valence-electron chi connectivity index (χ2n) is 4.32. The lowest BCUT2D eigenvalue weighted by molar-refractivity contribution is 0.467. The van der Waals surface area contributed by atoms with Gasteiger partial charge in [-0.3, -0.25) is 4.98 Å². The summed E-state index contributed by atoms with van der Waals surface area (Å²) in [4.78, 5) is 4.14. The normalized spacial score (nSPS) is 16.4. The summed E-state index contributed by atoms with van der Waals surface area (Å²) in [7, 11) is 0. The van der Waals surface area contributed by atoms with Crippen LogP contribution in [0.15, 0.2) is 24.5 Å². The number of aromatic nitrogens is 1. The SMILES string of the molecule is CCC(CC(C=N)C(C)N)c1cccnc1. The van der Waals surface area contributed by atoms with Crippen molar-refractivity contribution >= 4 is 6.21 Å². The Morgan fingerprint density at radius 3 is 2.75 bits per heavy atom. The van der Waals surface area contributed by atoms with E-state index in [1.165, 1.54) is 11.8 Å². The van der Waals surface area contributed by atoms with Crippen LogP contribution in [-0.2, 0) is 0 Å². The van der Waals surface area contributed by atoms with Crippen molar-refractivity contribution in [3.63, 3.8) is 0 Å². The summed E-state index contributed by atoms with van der Waals surface area (Å²) in [6, 6.07) is 4.11. The molecule has 0 aliphatic rings. The summed E-state index contributed by atoms with van der Waals surface area (Å²) in [6.45, 7) is 4.13. The summed E-state index contributed by atoms with van der Waals surface area (Å²) in [5.41, 5.74) is 7.11. The van der Waals surface area contributed by atoms with Crippen LogP contribution in [0.1, 0.15) is 38.2 Å². The first-order valence-electron chi connectivity index (χ1n) is 5.85. The maximum Gasteiger partial charge on any atom is 0.0302 e. The number of nitrogens with zero attached hydrogens (tertiary/aromatic N) is 1. The van der Waals surface area contributed by atoms with E-state index in [0.29, 0.717) is 5.92 Å². The van der Waals surface area contributed by atoms with Gasteiger partial charge >= 0.3 is 0 Å². The lowest BCUT2D eigenvalue weighted by Gasteiger charge is -2.22. The van der Waals surface area contributed by atoms with Crippen molar-refractivity contribution in [2.75, 3.05) is 0 Å². The van der Waals surface area contributed by atoms with Gasteiger partial charge in [0.2, 0.25) is 0 Å². The molecule has 1 rings (SSSR count). The van der Waals surface area contributed by atoms with Gasteiger partial charge in [0.1, 0.15) is 0 Å². The third-order valence-electron chi connectivity index (χ3n) is 3.09. The Morgan fingerprint density at radius 1 is 1.56 bits per heavy atom. The van der Waals surface area contributed by atoms with Crippen molar-refractivity contribution in [2.45, 2.75) is 38.6 Å². The molecule has 0 amide bonds. The molecule has 3 atom stereocenters. The van der Waals surface area contributed by atoms with Gasteiger partial charge in [-0.2, -0.15) is 0 Å². The highest BCUT2D eigenvalue weighted by atomic mass is 14.6. The highest BCUT2D eigenvalue weighted by molar-refractivity contribution is 5.58. The first kappa shape index (κ1) is 12.8. The number of nitrogens with one attached hydrogen (secondary N) is 1. The Labute approximate surface area is 97.6 Å². The maximum absolute atomic E-state index is 7.40. The van der Waals surface area contributed by atoms with Crippen LogP contribution in [0.4, 0.5) is 0 Å². The average molecular weight is 219 g/mol. The molecular weight excluding hydrogens is 198 g/mol. The monoisotopic (exact) mass is 219 g/mol. The molecule has 0 aliphatic carbocycles. The number of nitrogens with two attached hydrogens (primary N) is 1. The van der Waals surface area contributed by atoms with Gasteiger partial charge in [0.05, 0.1) is 0 Å². The van der Waals surface area contributed by atoms with Crippen molar-refractivity contribution in [3.05, 3.63) is 30.1 Å². The number of hydrogen-bond donors (Lipinski definition) is 2. The smallest absolute Gasteiger partial charge is 0.0302 e. The highest BCUT2D eigenvalue weighted by Crippen LogP contribution is 2.26. The molecule has 0 saturated heterocycles. The summed E-state index contributed by atoms with van der Waals surface area (Å²) in [6.07, 6.45) is 7.17. The predicted octanol–water partition coefficient (Wildman–Crippen LogP) is 2.58. The van der Waals surface area contributed by atoms with Gasteiger partial charge in [0.25, 0.3) is 0 Å². The van der Waals surface area contributed by atoms with E-state index in [9.17, 15) is 0 Å². The molecule has 0 saturated carbocycles. The van der Waals surface area contributed by atoms with Crippen molar-refractivity contribution in [2.24, 2.45) is 11.7 Å². The fourth-order valence-electron chi connectivity index (χ4n) is 1.92. The molecule has 0 radical (unpaired) electrons. The molecule has 3 heteroatoms. The van der Waals surface area contributed by atoms with Crippen LogP contribution >= 0.6 is 0 Å². The second-order valence-corrected chi connectivity index (χ2v) is 4.32. The summed E-state index contributed by atoms with van der Waals surface area (Å²) >= 11 is 0. The Bertz CT molecular complexity index is 308. The molecule has 0 aromatic carbocycles. The van der Waals surface area contributed by atoms with Gasteiger partial charge in [-0.05, 0) is 43.5 Å². The Morgan fingerprint density at radius 2 is 2.31 bits per heavy atom. The molecule has 1 heterocycles. The highest BCUT2D eigenvalue weighted by Gasteiger charge is 2.18. The number of pyridine rings is 1. The van der Waals surface area contributed by atoms with Crippen LogP contribution in [0.2, 0.25) is 0 Å². The van der Waals surface area contributed by atoms with E-state index in [0.717, 1.165) is 12.8 Å². The molecule has 88 valence electrons. The fourth-order valence-corrected chi connectivity index (χ4v) is 1.92. The quantitative estimate of drug-likeness (QED) is 0.722. The molecule has 3 N–H and O–H groups in total. The molecule has 0 aliphatic heterocycles. The first-order valence-corrected chi connectivity index (χ1v) is 5.85. The number of rotatable bonds is 6. The van der Waals surface area contributed by atoms with Crippen LogP contribution in [0.25, 0.3) is 0 Å². The van der Waals surface area contributed by atoms with Gasteiger partial charge in [0, 0.05) is 24.4 Å². The van der Waals surface area contributed by atoms with Crippen molar-refractivity contribution in [1.82, 2.24) is 4.98 Å². The van der Waals surface area contributed by atoms with E-state index < -0.39 is 0 Å². The molecule has 0 fully saturated rings. The van der Waals surface area contributed by atoms with Gasteiger partial charge in [-0.15, -0.1) is 0 Å². The zero-order valence-corrected chi connectivity index (χ0v) is 10.1. The minimum atomic E-state index is 0.0446. The molecule has 1 aromatic rings. The van der Waals surface area contributed by atoms with Gasteiger partial charge in [-0.25, -0.2) is 0 Å². The van der Waals surface area contributed by atoms with Crippen LogP contribution < -0.4 is 5.73 Å². The molecular formula is C13H21N3. The molecule has 3 unspecified atom stereocenters. The molecule has 1 aromatic heterocycles. The van der Waals surface area contributed by atoms with Gasteiger partial charge in [-0.1, -0.05) is 13.0 Å². The Hall–Kier alpha value is -1.22. The summed E-state index contributed by atoms with van der Waals surface area (Å²) in [5.74, 6) is 0.608. The molecule has 3 nitrogen and oxygen atoms in total. The van der Waals surface area contributed by atoms with Crippen LogP contribution in [-0.4, -0.2) is 17.2 Å². The summed E-state index contributed by atoms with van der Waals surface area (Å²) < 4.78 is 0. The third kappa shape index (κ3) is 3.42. The molecule has 16 heavy (non-hydrogen) atoms. The fraction of sp³-hybridized carbons (Fsp3) is 0.538. The van der Waals surface area contributed by atoms with Crippen molar-refractivity contribution < 1.29 is 0 Å². The Balaban J connectivity index is 2.72. The van der Waals surface area contributed by atoms with Crippen LogP contribution in [0.3, 0.4) is 0 Å². The standard InChI is InChI=1S/C13H21N3/c1-3-11(7-13(8-14)10(2)15)12-5-4-6-16-9-12/h4-6,8-11,13-14H,3,7,15H2,1-2H3. The maximum atomic E-state index is 7.40. The molecule has 0 spiro atoms. The van der Waals surface area contributed by atoms with E-state index in [2.05, 4.69) is 18.0 Å². The predicted molar refractivity (Wildman–Crippen MR) is 67.8 cm³/mol. The largest absolute Gasteiger partial charge is 0.327 e. The average Bonchev–Trinajstić information content (AvgIpc) is 2.31. The van der Waals surface area contributed by atoms with Crippen molar-refractivity contribution in [1.29, 1.82) is 5.41 Å². The minimum Gasteiger partial charge on any atom is -0.327 e. The van der Waals surface area contributed by atoms with Gasteiger partial charge < -0.3 is 11.1 Å². The van der Waals surface area contributed by atoms with Crippen LogP contribution in [0, 0.1) is 11.3 Å². The van der Waals surface area contributed by atoms with Crippen molar-refractivity contribution in [3.8, 4) is 0 Å². The zero-order chi connectivity index (χ0) is 12.0. The van der Waals surface area contributed by atoms with Gasteiger partial charge in [0.15, 0.2) is 0 Å². The minimum absolute atomic E-state index is 0.0446. The Kier molecular flexibility index (Phi) is 5.12. The van der Waals surface area contributed by atoms with E-state index in [4.69, 9.17) is 11.1 Å². The van der Waals surface area contributed by atoms with E-state index in [1.54, 1.807) is 6.20 Å². The zero-order valence-electron chi connectivity index (χ0n) is 10.1. The lowest BCUT2D eigenvalue weighted by Crippen LogP contribution is -2.28. The topological polar surface area (TPSA) is 62.8 Å².